The molecule has 1 amide bonds. The third kappa shape index (κ3) is 4.72. The average molecular weight is 324 g/mol. The van der Waals surface area contributed by atoms with Gasteiger partial charge in [-0.3, -0.25) is 4.79 Å². The molecule has 0 bridgehead atoms. The maximum absolute atomic E-state index is 12.8. The number of carbonyl (C=O) groups excluding carboxylic acids is 1. The minimum atomic E-state index is -4.53. The molecular weight excluding hydrogens is 309 g/mol. The zero-order valence-electron chi connectivity index (χ0n) is 12.0. The molecule has 2 aromatic rings. The molecule has 23 heavy (non-hydrogen) atoms. The van der Waals surface area contributed by atoms with Crippen molar-refractivity contribution in [2.45, 2.75) is 12.8 Å². The van der Waals surface area contributed by atoms with Gasteiger partial charge in [-0.1, -0.05) is 24.3 Å². The van der Waals surface area contributed by atoms with Gasteiger partial charge in [-0.15, -0.1) is 0 Å². The summed E-state index contributed by atoms with van der Waals surface area (Å²) in [6.07, 6.45) is -4.53. The summed E-state index contributed by atoms with van der Waals surface area (Å²) >= 11 is 0. The van der Waals surface area contributed by atoms with Gasteiger partial charge < -0.3 is 15.7 Å². The Balaban J connectivity index is 2.00. The van der Waals surface area contributed by atoms with Crippen molar-refractivity contribution >= 4 is 17.3 Å². The number of nitrogens with one attached hydrogen (secondary N) is 2. The van der Waals surface area contributed by atoms with Crippen LogP contribution in [0.3, 0.4) is 0 Å². The predicted octanol–water partition coefficient (Wildman–Crippen LogP) is 3.25. The van der Waals surface area contributed by atoms with Crippen LogP contribution in [-0.2, 0) is 17.6 Å². The molecule has 0 atom stereocenters. The number of rotatable bonds is 5. The number of amides is 1. The van der Waals surface area contributed by atoms with Crippen molar-refractivity contribution in [2.24, 2.45) is 0 Å². The molecule has 0 spiro atoms. The molecule has 0 fully saturated rings. The molecule has 2 rings (SSSR count). The second-order valence-electron chi connectivity index (χ2n) is 4.80. The molecule has 2 aromatic carbocycles. The van der Waals surface area contributed by atoms with Crippen molar-refractivity contribution in [2.75, 3.05) is 17.2 Å². The molecule has 0 radical (unpaired) electrons. The van der Waals surface area contributed by atoms with E-state index in [1.54, 1.807) is 24.3 Å². The number of anilines is 2. The van der Waals surface area contributed by atoms with Crippen LogP contribution in [0.2, 0.25) is 0 Å². The van der Waals surface area contributed by atoms with Gasteiger partial charge in [0.15, 0.2) is 0 Å². The zero-order chi connectivity index (χ0) is 16.9. The van der Waals surface area contributed by atoms with Crippen LogP contribution in [0.1, 0.15) is 11.1 Å². The number of aliphatic hydroxyl groups is 1. The second-order valence-corrected chi connectivity index (χ2v) is 4.80. The quantitative estimate of drug-likeness (QED) is 0.791. The Morgan fingerprint density at radius 3 is 2.52 bits per heavy atom. The molecule has 7 heteroatoms. The molecular formula is C16H15F3N2O2. The number of aliphatic hydroxyl groups excluding tert-OH is 1. The highest BCUT2D eigenvalue weighted by Crippen LogP contribution is 2.34. The summed E-state index contributed by atoms with van der Waals surface area (Å²) in [5.74, 6) is -0.601. The van der Waals surface area contributed by atoms with E-state index in [2.05, 4.69) is 10.6 Å². The number of hydrogen-bond donors (Lipinski definition) is 3. The monoisotopic (exact) mass is 324 g/mol. The third-order valence-corrected chi connectivity index (χ3v) is 3.07. The lowest BCUT2D eigenvalue weighted by atomic mass is 10.1. The van der Waals surface area contributed by atoms with Gasteiger partial charge in [0.05, 0.1) is 24.4 Å². The summed E-state index contributed by atoms with van der Waals surface area (Å²) in [6, 6.07) is 11.5. The standard InChI is InChI=1S/C16H15F3N2O2/c17-16(18,19)13-6-1-2-7-14(13)21-15(23)9-20-12-5-3-4-11(8-12)10-22/h1-8,20,22H,9-10H2,(H,21,23). The normalized spacial score (nSPS) is 11.1. The van der Waals surface area contributed by atoms with Crippen LogP contribution < -0.4 is 10.6 Å². The van der Waals surface area contributed by atoms with E-state index < -0.39 is 17.6 Å². The molecule has 0 unspecified atom stereocenters. The van der Waals surface area contributed by atoms with Gasteiger partial charge >= 0.3 is 6.18 Å². The lowest BCUT2D eigenvalue weighted by molar-refractivity contribution is -0.137. The Morgan fingerprint density at radius 2 is 1.83 bits per heavy atom. The van der Waals surface area contributed by atoms with E-state index in [0.717, 1.165) is 6.07 Å². The highest BCUT2D eigenvalue weighted by atomic mass is 19.4. The summed E-state index contributed by atoms with van der Waals surface area (Å²) in [4.78, 5) is 11.8. The highest BCUT2D eigenvalue weighted by molar-refractivity contribution is 5.94. The first-order valence-electron chi connectivity index (χ1n) is 6.80. The van der Waals surface area contributed by atoms with Crippen LogP contribution in [0.5, 0.6) is 0 Å². The van der Waals surface area contributed by atoms with Crippen molar-refractivity contribution in [3.8, 4) is 0 Å². The summed E-state index contributed by atoms with van der Waals surface area (Å²) in [6.45, 7) is -0.332. The first-order valence-corrected chi connectivity index (χ1v) is 6.80. The second kappa shape index (κ2) is 7.15. The molecule has 0 aromatic heterocycles. The van der Waals surface area contributed by atoms with Gasteiger partial charge in [0.1, 0.15) is 0 Å². The number of benzene rings is 2. The molecule has 0 aliphatic rings. The van der Waals surface area contributed by atoms with Crippen molar-refractivity contribution in [1.82, 2.24) is 0 Å². The Bertz CT molecular complexity index is 687. The zero-order valence-corrected chi connectivity index (χ0v) is 12.0. The largest absolute Gasteiger partial charge is 0.418 e. The van der Waals surface area contributed by atoms with Crippen molar-refractivity contribution < 1.29 is 23.1 Å². The molecule has 122 valence electrons. The van der Waals surface area contributed by atoms with Crippen LogP contribution in [0, 0.1) is 0 Å². The number of hydrogen-bond acceptors (Lipinski definition) is 3. The fourth-order valence-corrected chi connectivity index (χ4v) is 2.00. The van der Waals surface area contributed by atoms with Crippen LogP contribution in [0.15, 0.2) is 48.5 Å². The van der Waals surface area contributed by atoms with Gasteiger partial charge in [0, 0.05) is 5.69 Å². The van der Waals surface area contributed by atoms with Gasteiger partial charge in [-0.05, 0) is 29.8 Å². The number of alkyl halides is 3. The predicted molar refractivity (Wildman–Crippen MR) is 80.9 cm³/mol. The molecule has 0 saturated heterocycles. The van der Waals surface area contributed by atoms with E-state index in [1.165, 1.54) is 18.2 Å². The number of halogens is 3. The topological polar surface area (TPSA) is 61.4 Å². The van der Waals surface area contributed by atoms with Crippen LogP contribution >= 0.6 is 0 Å². The maximum atomic E-state index is 12.8. The molecule has 0 aliphatic heterocycles. The Labute approximate surface area is 131 Å². The molecule has 3 N–H and O–H groups in total. The maximum Gasteiger partial charge on any atom is 0.418 e. The number of carbonyl (C=O) groups is 1. The lowest BCUT2D eigenvalue weighted by Gasteiger charge is -2.14. The average Bonchev–Trinajstić information content (AvgIpc) is 2.52. The SMILES string of the molecule is O=C(CNc1cccc(CO)c1)Nc1ccccc1C(F)(F)F. The van der Waals surface area contributed by atoms with Crippen LogP contribution in [0.4, 0.5) is 24.5 Å². The lowest BCUT2D eigenvalue weighted by Crippen LogP contribution is -2.23. The smallest absolute Gasteiger partial charge is 0.392 e. The van der Waals surface area contributed by atoms with Crippen molar-refractivity contribution in [1.29, 1.82) is 0 Å². The van der Waals surface area contributed by atoms with Gasteiger partial charge in [-0.25, -0.2) is 0 Å². The highest BCUT2D eigenvalue weighted by Gasteiger charge is 2.33. The Kier molecular flexibility index (Phi) is 5.23. The Hall–Kier alpha value is -2.54. The van der Waals surface area contributed by atoms with Gasteiger partial charge in [-0.2, -0.15) is 13.2 Å². The summed E-state index contributed by atoms with van der Waals surface area (Å²) < 4.78 is 38.5. The van der Waals surface area contributed by atoms with Crippen LogP contribution in [-0.4, -0.2) is 17.6 Å². The summed E-state index contributed by atoms with van der Waals surface area (Å²) in [5.41, 5.74) is 0.0835. The van der Waals surface area contributed by atoms with Crippen molar-refractivity contribution in [3.63, 3.8) is 0 Å². The van der Waals surface area contributed by atoms with Crippen LogP contribution in [0.25, 0.3) is 0 Å². The Morgan fingerprint density at radius 1 is 1.09 bits per heavy atom. The third-order valence-electron chi connectivity index (χ3n) is 3.07. The summed E-state index contributed by atoms with van der Waals surface area (Å²) in [5, 5.41) is 14.1. The van der Waals surface area contributed by atoms with E-state index in [1.807, 2.05) is 0 Å². The minimum absolute atomic E-state index is 0.138. The first kappa shape index (κ1) is 16.8. The molecule has 0 heterocycles. The molecule has 0 aliphatic carbocycles. The van der Waals surface area contributed by atoms with E-state index in [9.17, 15) is 18.0 Å². The molecule has 4 nitrogen and oxygen atoms in total. The first-order chi connectivity index (χ1) is 10.9. The van der Waals surface area contributed by atoms with Crippen molar-refractivity contribution in [3.05, 3.63) is 59.7 Å². The van der Waals surface area contributed by atoms with Gasteiger partial charge in [0.2, 0.25) is 5.91 Å². The van der Waals surface area contributed by atoms with Gasteiger partial charge in [0.25, 0.3) is 0 Å². The molecule has 0 saturated carbocycles. The van der Waals surface area contributed by atoms with E-state index in [-0.39, 0.29) is 18.8 Å². The fourth-order valence-electron chi connectivity index (χ4n) is 2.00. The van der Waals surface area contributed by atoms with E-state index in [0.29, 0.717) is 11.3 Å². The van der Waals surface area contributed by atoms with E-state index in [4.69, 9.17) is 5.11 Å². The van der Waals surface area contributed by atoms with E-state index >= 15 is 0 Å². The number of para-hydroxylation sites is 1. The summed E-state index contributed by atoms with van der Waals surface area (Å²) in [7, 11) is 0. The minimum Gasteiger partial charge on any atom is -0.392 e. The fraction of sp³-hybridized carbons (Fsp3) is 0.188.